The highest BCUT2D eigenvalue weighted by atomic mass is 16.2. The molecule has 0 radical (unpaired) electrons. The van der Waals surface area contributed by atoms with Crippen LogP contribution < -0.4 is 0 Å². The molecule has 0 N–H and O–H groups in total. The zero-order valence-corrected chi connectivity index (χ0v) is 16.5. The van der Waals surface area contributed by atoms with Gasteiger partial charge in [0, 0.05) is 50.4 Å². The van der Waals surface area contributed by atoms with Gasteiger partial charge >= 0.3 is 0 Å². The van der Waals surface area contributed by atoms with Crippen LogP contribution in [0.4, 0.5) is 0 Å². The van der Waals surface area contributed by atoms with E-state index >= 15 is 0 Å². The molecule has 1 atom stereocenters. The molecule has 3 heterocycles. The minimum atomic E-state index is -0.233. The molecule has 28 heavy (non-hydrogen) atoms. The lowest BCUT2D eigenvalue weighted by molar-refractivity contribution is -0.137. The molecule has 6 nitrogen and oxygen atoms in total. The van der Waals surface area contributed by atoms with Gasteiger partial charge in [0.25, 0.3) is 0 Å². The Balaban J connectivity index is 1.37. The van der Waals surface area contributed by atoms with E-state index in [2.05, 4.69) is 17.2 Å². The standard InChI is InChI=1S/C22H28N4O2/c1-2-19(26-12-6-11-23-26)21(28)24-13-9-22(10-14-24)15-20(27)25(17-22)16-18-7-4-3-5-8-18/h3-8,11-12,19H,2,9-10,13-17H2,1H3/t19-/m1/s1. The Morgan fingerprint density at radius 1 is 1.18 bits per heavy atom. The second kappa shape index (κ2) is 7.78. The topological polar surface area (TPSA) is 58.4 Å². The third kappa shape index (κ3) is 3.68. The van der Waals surface area contributed by atoms with Crippen molar-refractivity contribution in [1.82, 2.24) is 19.6 Å². The molecule has 2 amide bonds. The number of amides is 2. The highest BCUT2D eigenvalue weighted by Crippen LogP contribution is 2.41. The minimum absolute atomic E-state index is 0.0239. The Bertz CT molecular complexity index is 810. The smallest absolute Gasteiger partial charge is 0.247 e. The van der Waals surface area contributed by atoms with Crippen molar-refractivity contribution < 1.29 is 9.59 Å². The fourth-order valence-corrected chi connectivity index (χ4v) is 4.62. The third-order valence-electron chi connectivity index (χ3n) is 6.27. The van der Waals surface area contributed by atoms with Crippen LogP contribution in [0.5, 0.6) is 0 Å². The first kappa shape index (κ1) is 18.7. The van der Waals surface area contributed by atoms with Crippen molar-refractivity contribution in [3.05, 3.63) is 54.4 Å². The van der Waals surface area contributed by atoms with E-state index in [0.717, 1.165) is 38.9 Å². The number of aromatic nitrogens is 2. The van der Waals surface area contributed by atoms with Crippen molar-refractivity contribution >= 4 is 11.8 Å². The van der Waals surface area contributed by atoms with Crippen LogP contribution in [0.15, 0.2) is 48.8 Å². The van der Waals surface area contributed by atoms with Crippen LogP contribution in [0.1, 0.15) is 44.2 Å². The highest BCUT2D eigenvalue weighted by Gasteiger charge is 2.45. The number of likely N-dealkylation sites (tertiary alicyclic amines) is 2. The fourth-order valence-electron chi connectivity index (χ4n) is 4.62. The summed E-state index contributed by atoms with van der Waals surface area (Å²) in [5.74, 6) is 0.387. The van der Waals surface area contributed by atoms with E-state index in [1.165, 1.54) is 5.56 Å². The number of hydrogen-bond acceptors (Lipinski definition) is 3. The molecule has 4 rings (SSSR count). The predicted octanol–water partition coefficient (Wildman–Crippen LogP) is 2.88. The summed E-state index contributed by atoms with van der Waals surface area (Å²) in [5, 5.41) is 4.25. The number of benzene rings is 1. The first-order valence-electron chi connectivity index (χ1n) is 10.2. The normalized spacial score (nSPS) is 20.0. The number of nitrogens with zero attached hydrogens (tertiary/aromatic N) is 4. The molecular weight excluding hydrogens is 352 g/mol. The summed E-state index contributed by atoms with van der Waals surface area (Å²) in [6.45, 7) is 4.96. The van der Waals surface area contributed by atoms with Crippen LogP contribution in [0.3, 0.4) is 0 Å². The second-order valence-electron chi connectivity index (χ2n) is 8.15. The Morgan fingerprint density at radius 2 is 1.93 bits per heavy atom. The van der Waals surface area contributed by atoms with Crippen molar-refractivity contribution in [2.75, 3.05) is 19.6 Å². The first-order valence-corrected chi connectivity index (χ1v) is 10.2. The van der Waals surface area contributed by atoms with Gasteiger partial charge in [0.2, 0.25) is 11.8 Å². The Kier molecular flexibility index (Phi) is 5.20. The van der Waals surface area contributed by atoms with Crippen molar-refractivity contribution in [1.29, 1.82) is 0 Å². The highest BCUT2D eigenvalue weighted by molar-refractivity contribution is 5.81. The van der Waals surface area contributed by atoms with Gasteiger partial charge in [-0.15, -0.1) is 0 Å². The molecule has 2 fully saturated rings. The number of carbonyl (C=O) groups excluding carboxylic acids is 2. The summed E-state index contributed by atoms with van der Waals surface area (Å²) in [7, 11) is 0. The number of hydrogen-bond donors (Lipinski definition) is 0. The van der Waals surface area contributed by atoms with Crippen LogP contribution in [0.2, 0.25) is 0 Å². The minimum Gasteiger partial charge on any atom is -0.341 e. The van der Waals surface area contributed by atoms with Crippen LogP contribution in [-0.4, -0.2) is 51.0 Å². The SMILES string of the molecule is CC[C@H](C(=O)N1CCC2(CC1)CC(=O)N(Cc1ccccc1)C2)n1cccn1. The van der Waals surface area contributed by atoms with Gasteiger partial charge in [-0.05, 0) is 30.9 Å². The summed E-state index contributed by atoms with van der Waals surface area (Å²) in [4.78, 5) is 29.6. The maximum atomic E-state index is 13.0. The van der Waals surface area contributed by atoms with Gasteiger partial charge in [-0.2, -0.15) is 5.10 Å². The lowest BCUT2D eigenvalue weighted by Crippen LogP contribution is -2.46. The van der Waals surface area contributed by atoms with E-state index in [0.29, 0.717) is 13.0 Å². The zero-order valence-electron chi connectivity index (χ0n) is 16.5. The molecule has 0 unspecified atom stereocenters. The molecule has 6 heteroatoms. The molecule has 148 valence electrons. The Labute approximate surface area is 166 Å². The van der Waals surface area contributed by atoms with E-state index in [-0.39, 0.29) is 23.3 Å². The summed E-state index contributed by atoms with van der Waals surface area (Å²) >= 11 is 0. The number of rotatable bonds is 5. The summed E-state index contributed by atoms with van der Waals surface area (Å²) in [5.41, 5.74) is 1.20. The summed E-state index contributed by atoms with van der Waals surface area (Å²) in [6, 6.07) is 11.8. The van der Waals surface area contributed by atoms with E-state index in [9.17, 15) is 9.59 Å². The van der Waals surface area contributed by atoms with Crippen molar-refractivity contribution in [3.8, 4) is 0 Å². The molecule has 0 bridgehead atoms. The van der Waals surface area contributed by atoms with Crippen LogP contribution in [0.25, 0.3) is 0 Å². The van der Waals surface area contributed by atoms with Gasteiger partial charge in [0.15, 0.2) is 0 Å². The van der Waals surface area contributed by atoms with Gasteiger partial charge in [-0.3, -0.25) is 14.3 Å². The molecule has 1 aromatic heterocycles. The molecule has 0 saturated carbocycles. The van der Waals surface area contributed by atoms with Crippen molar-refractivity contribution in [2.24, 2.45) is 5.41 Å². The van der Waals surface area contributed by atoms with E-state index in [1.807, 2.05) is 47.2 Å². The lowest BCUT2D eigenvalue weighted by Gasteiger charge is -2.40. The van der Waals surface area contributed by atoms with Crippen molar-refractivity contribution in [2.45, 2.75) is 45.2 Å². The molecule has 1 aromatic carbocycles. The number of piperidine rings is 1. The molecule has 2 aromatic rings. The van der Waals surface area contributed by atoms with Gasteiger partial charge < -0.3 is 9.80 Å². The average molecular weight is 380 g/mol. The maximum absolute atomic E-state index is 13.0. The summed E-state index contributed by atoms with van der Waals surface area (Å²) in [6.07, 6.45) is 6.70. The Morgan fingerprint density at radius 3 is 2.57 bits per heavy atom. The monoisotopic (exact) mass is 380 g/mol. The first-order chi connectivity index (χ1) is 13.6. The van der Waals surface area contributed by atoms with Gasteiger partial charge in [-0.1, -0.05) is 37.3 Å². The predicted molar refractivity (Wildman–Crippen MR) is 106 cm³/mol. The average Bonchev–Trinajstić information content (AvgIpc) is 3.33. The largest absolute Gasteiger partial charge is 0.341 e. The molecule has 2 aliphatic heterocycles. The summed E-state index contributed by atoms with van der Waals surface area (Å²) < 4.78 is 1.76. The van der Waals surface area contributed by atoms with E-state index < -0.39 is 0 Å². The molecular formula is C22H28N4O2. The zero-order chi connectivity index (χ0) is 19.6. The molecule has 2 saturated heterocycles. The van der Waals surface area contributed by atoms with Crippen LogP contribution >= 0.6 is 0 Å². The van der Waals surface area contributed by atoms with E-state index in [1.54, 1.807) is 10.9 Å². The number of carbonyl (C=O) groups is 2. The fraction of sp³-hybridized carbons (Fsp3) is 0.500. The van der Waals surface area contributed by atoms with Gasteiger partial charge in [0.05, 0.1) is 0 Å². The molecule has 2 aliphatic rings. The lowest BCUT2D eigenvalue weighted by atomic mass is 9.77. The van der Waals surface area contributed by atoms with Gasteiger partial charge in [-0.25, -0.2) is 0 Å². The molecule has 1 spiro atoms. The maximum Gasteiger partial charge on any atom is 0.247 e. The molecule has 0 aliphatic carbocycles. The quantitative estimate of drug-likeness (QED) is 0.801. The Hall–Kier alpha value is -2.63. The van der Waals surface area contributed by atoms with Gasteiger partial charge in [0.1, 0.15) is 6.04 Å². The van der Waals surface area contributed by atoms with Crippen LogP contribution in [-0.2, 0) is 16.1 Å². The van der Waals surface area contributed by atoms with Crippen LogP contribution in [0, 0.1) is 5.41 Å². The third-order valence-corrected chi connectivity index (χ3v) is 6.27. The van der Waals surface area contributed by atoms with Crippen molar-refractivity contribution in [3.63, 3.8) is 0 Å². The van der Waals surface area contributed by atoms with E-state index in [4.69, 9.17) is 0 Å². The second-order valence-corrected chi connectivity index (χ2v) is 8.15.